The normalized spacial score (nSPS) is 11.4. The Labute approximate surface area is 184 Å². The maximum Gasteiger partial charge on any atom is 0.305 e. The van der Waals surface area contributed by atoms with Crippen LogP contribution in [-0.2, 0) is 45.2 Å². The predicted molar refractivity (Wildman–Crippen MR) is 113 cm³/mol. The number of nitrogens with zero attached hydrogens (tertiary/aromatic N) is 1. The molecule has 0 bridgehead atoms. The zero-order chi connectivity index (χ0) is 23.5. The highest BCUT2D eigenvalue weighted by molar-refractivity contribution is 7.90. The van der Waals surface area contributed by atoms with Gasteiger partial charge in [0.05, 0.1) is 21.7 Å². The third kappa shape index (κ3) is 4.65. The van der Waals surface area contributed by atoms with E-state index in [-0.39, 0.29) is 21.7 Å². The van der Waals surface area contributed by atoms with Crippen LogP contribution >= 0.6 is 0 Å². The summed E-state index contributed by atoms with van der Waals surface area (Å²) < 4.78 is 43.7. The molecule has 1 aromatic heterocycles. The first-order valence-electron chi connectivity index (χ1n) is 9.53. The van der Waals surface area contributed by atoms with Crippen LogP contribution in [0.3, 0.4) is 0 Å². The van der Waals surface area contributed by atoms with Crippen molar-refractivity contribution in [1.29, 1.82) is 0 Å². The van der Waals surface area contributed by atoms with E-state index >= 15 is 0 Å². The van der Waals surface area contributed by atoms with Crippen LogP contribution in [-0.4, -0.2) is 30.3 Å². The lowest BCUT2D eigenvalue weighted by atomic mass is 10.1. The molecule has 3 aromatic rings. The Balaban J connectivity index is 2.39. The van der Waals surface area contributed by atoms with Crippen molar-refractivity contribution < 1.29 is 37.0 Å². The highest BCUT2D eigenvalue weighted by Gasteiger charge is 2.33. The van der Waals surface area contributed by atoms with Crippen LogP contribution in [0.2, 0.25) is 0 Å². The van der Waals surface area contributed by atoms with Gasteiger partial charge in [0.25, 0.3) is 16.3 Å². The topological polar surface area (TPSA) is 118 Å². The van der Waals surface area contributed by atoms with Crippen molar-refractivity contribution in [2.75, 3.05) is 0 Å². The Kier molecular flexibility index (Phi) is 6.64. The van der Waals surface area contributed by atoms with Gasteiger partial charge < -0.3 is 14.2 Å². The molecule has 0 saturated heterocycles. The lowest BCUT2D eigenvalue weighted by molar-refractivity contribution is -0.186. The minimum absolute atomic E-state index is 0.00657. The third-order valence-corrected chi connectivity index (χ3v) is 6.21. The molecular formula is C22H21NO8S. The highest BCUT2D eigenvalue weighted by atomic mass is 32.2. The van der Waals surface area contributed by atoms with Crippen LogP contribution < -0.4 is 0 Å². The minimum atomic E-state index is -4.17. The summed E-state index contributed by atoms with van der Waals surface area (Å²) in [5, 5.41) is 0.349. The van der Waals surface area contributed by atoms with Gasteiger partial charge in [0.2, 0.25) is 0 Å². The van der Waals surface area contributed by atoms with Crippen molar-refractivity contribution in [1.82, 2.24) is 3.97 Å². The first-order valence-corrected chi connectivity index (χ1v) is 11.0. The fraction of sp³-hybridized carbons (Fsp3) is 0.227. The monoisotopic (exact) mass is 459 g/mol. The number of rotatable bonds is 7. The second-order valence-electron chi connectivity index (χ2n) is 6.79. The summed E-state index contributed by atoms with van der Waals surface area (Å²) in [6, 6.07) is 14.1. The van der Waals surface area contributed by atoms with Gasteiger partial charge in [0, 0.05) is 26.2 Å². The van der Waals surface area contributed by atoms with Gasteiger partial charge in [-0.3, -0.25) is 14.4 Å². The second kappa shape index (κ2) is 9.23. The quantitative estimate of drug-likeness (QED) is 0.391. The summed E-state index contributed by atoms with van der Waals surface area (Å²) in [5.74, 6) is -2.16. The van der Waals surface area contributed by atoms with Crippen LogP contribution in [0, 0.1) is 0 Å². The second-order valence-corrected chi connectivity index (χ2v) is 8.58. The van der Waals surface area contributed by atoms with E-state index in [2.05, 4.69) is 0 Å². The average Bonchev–Trinajstić information content (AvgIpc) is 3.06. The Morgan fingerprint density at radius 3 is 1.97 bits per heavy atom. The molecule has 32 heavy (non-hydrogen) atoms. The summed E-state index contributed by atoms with van der Waals surface area (Å²) in [7, 11) is -4.17. The van der Waals surface area contributed by atoms with Crippen LogP contribution in [0.25, 0.3) is 10.9 Å². The number of carbonyl (C=O) groups is 3. The van der Waals surface area contributed by atoms with E-state index in [1.54, 1.807) is 42.5 Å². The van der Waals surface area contributed by atoms with Gasteiger partial charge in [0.1, 0.15) is 6.61 Å². The zero-order valence-corrected chi connectivity index (χ0v) is 18.4. The van der Waals surface area contributed by atoms with Gasteiger partial charge in [-0.25, -0.2) is 12.4 Å². The summed E-state index contributed by atoms with van der Waals surface area (Å²) >= 11 is 0. The molecule has 0 atom stereocenters. The predicted octanol–water partition coefficient (Wildman–Crippen LogP) is 3.07. The molecule has 0 amide bonds. The molecule has 0 spiro atoms. The molecule has 0 fully saturated rings. The number of benzene rings is 2. The van der Waals surface area contributed by atoms with Crippen LogP contribution in [0.4, 0.5) is 0 Å². The van der Waals surface area contributed by atoms with Gasteiger partial charge in [0.15, 0.2) is 0 Å². The molecule has 2 aromatic carbocycles. The van der Waals surface area contributed by atoms with E-state index in [4.69, 9.17) is 14.2 Å². The Bertz CT molecular complexity index is 1260. The number of para-hydroxylation sites is 1. The first-order chi connectivity index (χ1) is 15.1. The Morgan fingerprint density at radius 2 is 1.41 bits per heavy atom. The zero-order valence-electron chi connectivity index (χ0n) is 17.6. The van der Waals surface area contributed by atoms with E-state index in [1.807, 2.05) is 0 Å². The molecule has 0 unspecified atom stereocenters. The van der Waals surface area contributed by atoms with E-state index in [1.165, 1.54) is 19.1 Å². The number of carbonyl (C=O) groups excluding carboxylic acids is 3. The molecule has 3 rings (SSSR count). The average molecular weight is 459 g/mol. The number of ether oxygens (including phenoxy) is 3. The fourth-order valence-electron chi connectivity index (χ4n) is 3.27. The number of hydrogen-bond acceptors (Lipinski definition) is 8. The Morgan fingerprint density at radius 1 is 0.844 bits per heavy atom. The van der Waals surface area contributed by atoms with Crippen molar-refractivity contribution in [3.63, 3.8) is 0 Å². The first kappa shape index (κ1) is 23.0. The smallest absolute Gasteiger partial charge is 0.305 e. The SMILES string of the molecule is CC(=O)OCc1c(C(OC(C)=O)OC(C)=O)c2ccccc2n1S(=O)(=O)c1ccccc1. The van der Waals surface area contributed by atoms with Gasteiger partial charge >= 0.3 is 17.9 Å². The lowest BCUT2D eigenvalue weighted by Crippen LogP contribution is -2.20. The standard InChI is InChI=1S/C22H21NO8S/c1-14(24)29-13-20-21(22(30-15(2)25)31-16(3)26)18-11-7-8-12-19(18)23(20)32(27,28)17-9-5-4-6-10-17/h4-12,22H,13H2,1-3H3. The van der Waals surface area contributed by atoms with Crippen molar-refractivity contribution in [3.8, 4) is 0 Å². The van der Waals surface area contributed by atoms with E-state index < -0.39 is 40.8 Å². The van der Waals surface area contributed by atoms with Gasteiger partial charge in [-0.2, -0.15) is 0 Å². The summed E-state index contributed by atoms with van der Waals surface area (Å²) in [4.78, 5) is 35.0. The van der Waals surface area contributed by atoms with Crippen LogP contribution in [0.15, 0.2) is 59.5 Å². The van der Waals surface area contributed by atoms with E-state index in [9.17, 15) is 22.8 Å². The van der Waals surface area contributed by atoms with Gasteiger partial charge in [-0.05, 0) is 18.2 Å². The third-order valence-electron chi connectivity index (χ3n) is 4.44. The van der Waals surface area contributed by atoms with Crippen LogP contribution in [0.5, 0.6) is 0 Å². The van der Waals surface area contributed by atoms with Crippen molar-refractivity contribution in [3.05, 3.63) is 65.9 Å². The van der Waals surface area contributed by atoms with Crippen molar-refractivity contribution >= 4 is 38.8 Å². The molecule has 168 valence electrons. The van der Waals surface area contributed by atoms with E-state index in [0.717, 1.165) is 17.8 Å². The molecule has 9 nitrogen and oxygen atoms in total. The summed E-state index contributed by atoms with van der Waals surface area (Å²) in [6.45, 7) is 2.96. The summed E-state index contributed by atoms with van der Waals surface area (Å²) in [6.07, 6.45) is -1.55. The minimum Gasteiger partial charge on any atom is -0.459 e. The van der Waals surface area contributed by atoms with Gasteiger partial charge in [-0.1, -0.05) is 36.4 Å². The lowest BCUT2D eigenvalue weighted by Gasteiger charge is -2.19. The van der Waals surface area contributed by atoms with Crippen LogP contribution in [0.1, 0.15) is 38.3 Å². The number of esters is 3. The number of hydrogen-bond donors (Lipinski definition) is 0. The molecular weight excluding hydrogens is 438 g/mol. The molecule has 0 N–H and O–H groups in total. The van der Waals surface area contributed by atoms with E-state index in [0.29, 0.717) is 5.39 Å². The Hall–Kier alpha value is -3.66. The molecule has 0 aliphatic carbocycles. The number of aromatic nitrogens is 1. The molecule has 0 saturated carbocycles. The largest absolute Gasteiger partial charge is 0.459 e. The highest BCUT2D eigenvalue weighted by Crippen LogP contribution is 2.37. The molecule has 10 heteroatoms. The van der Waals surface area contributed by atoms with Gasteiger partial charge in [-0.15, -0.1) is 0 Å². The fourth-order valence-corrected chi connectivity index (χ4v) is 4.85. The van der Waals surface area contributed by atoms with Crippen molar-refractivity contribution in [2.24, 2.45) is 0 Å². The molecule has 0 aliphatic rings. The number of fused-ring (bicyclic) bond motifs is 1. The molecule has 1 heterocycles. The molecule has 0 aliphatic heterocycles. The maximum atomic E-state index is 13.6. The van der Waals surface area contributed by atoms with Crippen molar-refractivity contribution in [2.45, 2.75) is 38.6 Å². The molecule has 0 radical (unpaired) electrons. The maximum absolute atomic E-state index is 13.6. The summed E-state index contributed by atoms with van der Waals surface area (Å²) in [5.41, 5.74) is 0.308.